The smallest absolute Gasteiger partial charge is 0.181 e. The number of aromatic nitrogens is 4. The third-order valence-electron chi connectivity index (χ3n) is 2.38. The highest BCUT2D eigenvalue weighted by Crippen LogP contribution is 2.24. The van der Waals surface area contributed by atoms with Crippen molar-refractivity contribution in [3.8, 4) is 17.1 Å². The topological polar surface area (TPSA) is 69.9 Å². The van der Waals surface area contributed by atoms with Crippen LogP contribution in [-0.2, 0) is 7.05 Å². The van der Waals surface area contributed by atoms with Gasteiger partial charge in [0.2, 0.25) is 0 Å². The lowest BCUT2D eigenvalue weighted by molar-refractivity contribution is 0.111. The molecule has 94 valence electrons. The fourth-order valence-electron chi connectivity index (χ4n) is 1.61. The first-order valence-electron chi connectivity index (χ1n) is 5.60. The molecule has 0 aliphatic carbocycles. The zero-order valence-corrected chi connectivity index (χ0v) is 10.5. The second-order valence-corrected chi connectivity index (χ2v) is 4.16. The van der Waals surface area contributed by atoms with Crippen LogP contribution < -0.4 is 4.74 Å². The molecule has 18 heavy (non-hydrogen) atoms. The molecule has 6 heteroatoms. The van der Waals surface area contributed by atoms with E-state index >= 15 is 0 Å². The van der Waals surface area contributed by atoms with Crippen molar-refractivity contribution in [2.24, 2.45) is 7.05 Å². The molecule has 0 bridgehead atoms. The maximum Gasteiger partial charge on any atom is 0.181 e. The Kier molecular flexibility index (Phi) is 3.36. The lowest BCUT2D eigenvalue weighted by atomic mass is 10.1. The van der Waals surface area contributed by atoms with Crippen LogP contribution in [0.5, 0.6) is 5.75 Å². The molecule has 0 aliphatic rings. The van der Waals surface area contributed by atoms with Gasteiger partial charge in [-0.3, -0.25) is 4.79 Å². The van der Waals surface area contributed by atoms with Crippen LogP contribution in [0.1, 0.15) is 24.2 Å². The molecule has 0 atom stereocenters. The summed E-state index contributed by atoms with van der Waals surface area (Å²) in [4.78, 5) is 11.1. The van der Waals surface area contributed by atoms with E-state index in [1.807, 2.05) is 19.9 Å². The summed E-state index contributed by atoms with van der Waals surface area (Å²) in [6.45, 7) is 3.82. The molecule has 2 aromatic rings. The zero-order valence-electron chi connectivity index (χ0n) is 10.5. The summed E-state index contributed by atoms with van der Waals surface area (Å²) >= 11 is 0. The van der Waals surface area contributed by atoms with Gasteiger partial charge < -0.3 is 4.74 Å². The number of hydrogen-bond acceptors (Lipinski definition) is 5. The Bertz CT molecular complexity index is 563. The molecule has 0 amide bonds. The Morgan fingerprint density at radius 3 is 2.72 bits per heavy atom. The van der Waals surface area contributed by atoms with Crippen LogP contribution >= 0.6 is 0 Å². The van der Waals surface area contributed by atoms with Crippen molar-refractivity contribution in [3.63, 3.8) is 0 Å². The Hall–Kier alpha value is -2.24. The van der Waals surface area contributed by atoms with E-state index in [0.717, 1.165) is 11.8 Å². The Balaban J connectivity index is 2.42. The van der Waals surface area contributed by atoms with Crippen LogP contribution in [0.25, 0.3) is 11.4 Å². The van der Waals surface area contributed by atoms with Crippen LogP contribution in [0.2, 0.25) is 0 Å². The maximum atomic E-state index is 11.1. The van der Waals surface area contributed by atoms with Crippen LogP contribution in [-0.4, -0.2) is 32.6 Å². The number of carbonyl (C=O) groups is 1. The molecule has 0 radical (unpaired) electrons. The number of benzene rings is 1. The fraction of sp³-hybridized carbons (Fsp3) is 0.333. The first-order valence-corrected chi connectivity index (χ1v) is 5.60. The van der Waals surface area contributed by atoms with Gasteiger partial charge in [0, 0.05) is 12.6 Å². The Morgan fingerprint density at radius 1 is 1.39 bits per heavy atom. The first kappa shape index (κ1) is 12.2. The molecule has 0 fully saturated rings. The van der Waals surface area contributed by atoms with Crippen molar-refractivity contribution >= 4 is 6.29 Å². The molecular weight excluding hydrogens is 232 g/mol. The van der Waals surface area contributed by atoms with Gasteiger partial charge in [-0.1, -0.05) is 0 Å². The molecule has 0 N–H and O–H groups in total. The van der Waals surface area contributed by atoms with Crippen LogP contribution in [0.3, 0.4) is 0 Å². The van der Waals surface area contributed by atoms with Crippen molar-refractivity contribution in [2.75, 3.05) is 0 Å². The number of aldehydes is 1. The number of rotatable bonds is 4. The minimum absolute atomic E-state index is 0.0195. The number of ether oxygens (including phenoxy) is 1. The zero-order chi connectivity index (χ0) is 13.1. The maximum absolute atomic E-state index is 11.1. The summed E-state index contributed by atoms with van der Waals surface area (Å²) in [6.07, 6.45) is 0.788. The molecule has 0 aliphatic heterocycles. The normalized spacial score (nSPS) is 10.7. The van der Waals surface area contributed by atoms with Gasteiger partial charge in [0.15, 0.2) is 12.1 Å². The summed E-state index contributed by atoms with van der Waals surface area (Å²) in [6, 6.07) is 5.31. The highest BCUT2D eigenvalue weighted by molar-refractivity contribution is 5.82. The van der Waals surface area contributed by atoms with Crippen molar-refractivity contribution < 1.29 is 9.53 Å². The van der Waals surface area contributed by atoms with E-state index in [9.17, 15) is 4.79 Å². The van der Waals surface area contributed by atoms with Gasteiger partial charge in [0.1, 0.15) is 5.75 Å². The largest absolute Gasteiger partial charge is 0.490 e. The van der Waals surface area contributed by atoms with Gasteiger partial charge >= 0.3 is 0 Å². The van der Waals surface area contributed by atoms with E-state index in [0.29, 0.717) is 17.1 Å². The molecule has 0 saturated heterocycles. The van der Waals surface area contributed by atoms with E-state index in [2.05, 4.69) is 15.5 Å². The Labute approximate surface area is 105 Å². The molecule has 0 spiro atoms. The van der Waals surface area contributed by atoms with E-state index in [1.165, 1.54) is 0 Å². The van der Waals surface area contributed by atoms with E-state index in [-0.39, 0.29) is 6.10 Å². The van der Waals surface area contributed by atoms with Crippen molar-refractivity contribution in [2.45, 2.75) is 20.0 Å². The Morgan fingerprint density at radius 2 is 2.17 bits per heavy atom. The summed E-state index contributed by atoms with van der Waals surface area (Å²) in [5, 5.41) is 11.2. The SMILES string of the molecule is CC(C)Oc1ccc(-c2nnnn2C)cc1C=O. The standard InChI is InChI=1S/C12H14N4O2/c1-8(2)18-11-5-4-9(6-10(11)7-17)12-13-14-15-16(12)3/h4-8H,1-3H3. The molecule has 2 rings (SSSR count). The average molecular weight is 246 g/mol. The lowest BCUT2D eigenvalue weighted by Crippen LogP contribution is -2.07. The number of carbonyl (C=O) groups excluding carboxylic acids is 1. The average Bonchev–Trinajstić information content (AvgIpc) is 2.75. The molecule has 6 nitrogen and oxygen atoms in total. The number of nitrogens with zero attached hydrogens (tertiary/aromatic N) is 4. The molecule has 1 aromatic carbocycles. The highest BCUT2D eigenvalue weighted by Gasteiger charge is 2.11. The summed E-state index contributed by atoms with van der Waals surface area (Å²) < 4.78 is 7.10. The van der Waals surface area contributed by atoms with Crippen molar-refractivity contribution in [3.05, 3.63) is 23.8 Å². The summed E-state index contributed by atoms with van der Waals surface area (Å²) in [5.74, 6) is 1.17. The van der Waals surface area contributed by atoms with Gasteiger partial charge in [0.05, 0.1) is 11.7 Å². The van der Waals surface area contributed by atoms with Gasteiger partial charge in [-0.25, -0.2) is 4.68 Å². The van der Waals surface area contributed by atoms with E-state index in [1.54, 1.807) is 23.9 Å². The lowest BCUT2D eigenvalue weighted by Gasteiger charge is -2.12. The van der Waals surface area contributed by atoms with Crippen LogP contribution in [0.4, 0.5) is 0 Å². The van der Waals surface area contributed by atoms with Crippen molar-refractivity contribution in [1.29, 1.82) is 0 Å². The molecule has 0 unspecified atom stereocenters. The molecule has 0 saturated carbocycles. The van der Waals surface area contributed by atoms with Gasteiger partial charge in [-0.2, -0.15) is 0 Å². The number of tetrazole rings is 1. The van der Waals surface area contributed by atoms with Crippen LogP contribution in [0.15, 0.2) is 18.2 Å². The monoisotopic (exact) mass is 246 g/mol. The van der Waals surface area contributed by atoms with Crippen LogP contribution in [0, 0.1) is 0 Å². The highest BCUT2D eigenvalue weighted by atomic mass is 16.5. The van der Waals surface area contributed by atoms with Gasteiger partial charge in [-0.05, 0) is 42.5 Å². The summed E-state index contributed by atoms with van der Waals surface area (Å²) in [7, 11) is 1.74. The number of hydrogen-bond donors (Lipinski definition) is 0. The minimum Gasteiger partial charge on any atom is -0.490 e. The predicted octanol–water partition coefficient (Wildman–Crippen LogP) is 1.48. The van der Waals surface area contributed by atoms with Gasteiger partial charge in [0.25, 0.3) is 0 Å². The fourth-order valence-corrected chi connectivity index (χ4v) is 1.61. The third-order valence-corrected chi connectivity index (χ3v) is 2.38. The molecule has 1 heterocycles. The third kappa shape index (κ3) is 2.37. The quantitative estimate of drug-likeness (QED) is 0.764. The predicted molar refractivity (Wildman–Crippen MR) is 65.4 cm³/mol. The van der Waals surface area contributed by atoms with Gasteiger partial charge in [-0.15, -0.1) is 5.10 Å². The molecule has 1 aromatic heterocycles. The summed E-state index contributed by atoms with van der Waals surface area (Å²) in [5.41, 5.74) is 1.27. The second kappa shape index (κ2) is 4.95. The second-order valence-electron chi connectivity index (χ2n) is 4.16. The van der Waals surface area contributed by atoms with Crippen molar-refractivity contribution in [1.82, 2.24) is 20.2 Å². The molecular formula is C12H14N4O2. The van der Waals surface area contributed by atoms with E-state index < -0.39 is 0 Å². The van der Waals surface area contributed by atoms with E-state index in [4.69, 9.17) is 4.74 Å². The minimum atomic E-state index is 0.0195. The first-order chi connectivity index (χ1) is 8.61. The number of aryl methyl sites for hydroxylation is 1.